The van der Waals surface area contributed by atoms with Crippen LogP contribution < -0.4 is 5.32 Å². The quantitative estimate of drug-likeness (QED) is 0.0205. The summed E-state index contributed by atoms with van der Waals surface area (Å²) in [7, 11) is 1.46. The highest BCUT2D eigenvalue weighted by Crippen LogP contribution is 2.43. The summed E-state index contributed by atoms with van der Waals surface area (Å²) in [6.07, 6.45) is 79.4. The highest BCUT2D eigenvalue weighted by Gasteiger charge is 2.30. The maximum Gasteiger partial charge on any atom is 0.472 e. The van der Waals surface area contributed by atoms with Gasteiger partial charge in [-0.1, -0.05) is 280 Å². The fourth-order valence-electron chi connectivity index (χ4n) is 9.81. The van der Waals surface area contributed by atoms with Gasteiger partial charge < -0.3 is 19.4 Å². The molecule has 0 aromatic heterocycles. The van der Waals surface area contributed by atoms with Crippen molar-refractivity contribution in [2.45, 2.75) is 328 Å². The highest BCUT2D eigenvalue weighted by atomic mass is 31.2. The summed E-state index contributed by atoms with van der Waals surface area (Å²) < 4.78 is 30.7. The van der Waals surface area contributed by atoms with Gasteiger partial charge in [-0.05, 0) is 96.0 Å². The second-order valence-electron chi connectivity index (χ2n) is 24.3. The summed E-state index contributed by atoms with van der Waals surface area (Å²) in [6.45, 7) is 6.96. The Bertz CT molecular complexity index is 1620. The van der Waals surface area contributed by atoms with Gasteiger partial charge in [-0.15, -0.1) is 0 Å². The van der Waals surface area contributed by atoms with E-state index in [9.17, 15) is 19.0 Å². The number of esters is 1. The Morgan fingerprint density at radius 3 is 1.19 bits per heavy atom. The number of amides is 1. The number of hydrogen-bond acceptors (Lipinski definition) is 6. The molecule has 0 spiro atoms. The van der Waals surface area contributed by atoms with Crippen molar-refractivity contribution in [1.29, 1.82) is 0 Å². The zero-order valence-corrected chi connectivity index (χ0v) is 54.9. The Morgan fingerprint density at radius 1 is 0.432 bits per heavy atom. The number of allylic oxidation sites excluding steroid dienone is 11. The standard InChI is InChI=1S/C71H131N2O7P/c1-7-10-13-16-19-22-25-27-29-31-32-33-34-35-36-37-38-39-40-42-44-46-49-52-55-58-61-64-71(75)80-69(62-59-56-53-50-47-24-21-18-15-12-9-3)68(67-79-81(76,77)78-66-65-73(4,5)6)72-70(74)63-60-57-54-51-48-45-43-41-30-28-26-23-20-17-14-11-8-2/h20,23,27-30,43,45,51,54,59,62,68-69H,7-19,21-22,24-26,31-42,44,46-50,52-53,55-58,60-61,63-67H2,1-6H3,(H-,72,74,76,77)/p+1/b23-20-,29-27+,30-28-,45-43-,54-51-,62-59-. The van der Waals surface area contributed by atoms with Crippen LogP contribution in [0.2, 0.25) is 0 Å². The molecule has 0 aromatic carbocycles. The van der Waals surface area contributed by atoms with Crippen molar-refractivity contribution in [3.05, 3.63) is 72.9 Å². The minimum atomic E-state index is -4.47. The molecule has 2 N–H and O–H groups in total. The van der Waals surface area contributed by atoms with Crippen LogP contribution in [-0.4, -0.2) is 74.3 Å². The van der Waals surface area contributed by atoms with E-state index >= 15 is 0 Å². The number of phosphoric ester groups is 1. The smallest absolute Gasteiger partial charge is 0.456 e. The first-order valence-electron chi connectivity index (χ1n) is 34.3. The lowest BCUT2D eigenvalue weighted by atomic mass is 10.0. The van der Waals surface area contributed by atoms with Crippen LogP contribution in [0.1, 0.15) is 316 Å². The van der Waals surface area contributed by atoms with Gasteiger partial charge in [0.05, 0.1) is 33.8 Å². The summed E-state index contributed by atoms with van der Waals surface area (Å²) in [6, 6.07) is -0.878. The molecule has 0 aliphatic rings. The van der Waals surface area contributed by atoms with Crippen molar-refractivity contribution in [1.82, 2.24) is 5.32 Å². The molecule has 0 aliphatic heterocycles. The summed E-state index contributed by atoms with van der Waals surface area (Å²) in [4.78, 5) is 37.7. The third-order valence-corrected chi connectivity index (χ3v) is 16.1. The van der Waals surface area contributed by atoms with E-state index in [0.717, 1.165) is 64.2 Å². The van der Waals surface area contributed by atoms with Gasteiger partial charge in [-0.2, -0.15) is 0 Å². The second-order valence-corrected chi connectivity index (χ2v) is 25.8. The first-order chi connectivity index (χ1) is 39.4. The second kappa shape index (κ2) is 60.6. The minimum Gasteiger partial charge on any atom is -0.456 e. The topological polar surface area (TPSA) is 111 Å². The van der Waals surface area contributed by atoms with Crippen molar-refractivity contribution < 1.29 is 37.3 Å². The molecule has 3 unspecified atom stereocenters. The predicted octanol–water partition coefficient (Wildman–Crippen LogP) is 21.6. The van der Waals surface area contributed by atoms with Crippen LogP contribution >= 0.6 is 7.82 Å². The predicted molar refractivity (Wildman–Crippen MR) is 351 cm³/mol. The van der Waals surface area contributed by atoms with Crippen molar-refractivity contribution in [2.75, 3.05) is 40.9 Å². The van der Waals surface area contributed by atoms with E-state index in [1.807, 2.05) is 33.3 Å². The molecule has 1 amide bonds. The van der Waals surface area contributed by atoms with Crippen molar-refractivity contribution >= 4 is 19.7 Å². The molecule has 81 heavy (non-hydrogen) atoms. The fraction of sp³-hybridized carbons (Fsp3) is 0.803. The number of unbranched alkanes of at least 4 members (excludes halogenated alkanes) is 36. The number of hydrogen-bond donors (Lipinski definition) is 2. The highest BCUT2D eigenvalue weighted by molar-refractivity contribution is 7.47. The summed E-state index contributed by atoms with van der Waals surface area (Å²) in [5.74, 6) is -0.563. The molecule has 0 heterocycles. The molecule has 0 fully saturated rings. The van der Waals surface area contributed by atoms with Gasteiger partial charge in [-0.25, -0.2) is 4.57 Å². The Balaban J connectivity index is 5.05. The molecule has 0 bridgehead atoms. The average molecular weight is 1160 g/mol. The van der Waals surface area contributed by atoms with E-state index in [-0.39, 0.29) is 37.9 Å². The third-order valence-electron chi connectivity index (χ3n) is 15.1. The number of phosphoric acid groups is 1. The van der Waals surface area contributed by atoms with E-state index in [2.05, 4.69) is 86.8 Å². The van der Waals surface area contributed by atoms with Crippen LogP contribution in [0, 0.1) is 0 Å². The molecule has 0 rings (SSSR count). The maximum atomic E-state index is 13.5. The first-order valence-corrected chi connectivity index (χ1v) is 35.8. The molecular formula is C71H132N2O7P+. The summed E-state index contributed by atoms with van der Waals surface area (Å²) in [5.41, 5.74) is 0. The van der Waals surface area contributed by atoms with Crippen LogP contribution in [0.25, 0.3) is 0 Å². The van der Waals surface area contributed by atoms with Crippen LogP contribution in [0.15, 0.2) is 72.9 Å². The number of carbonyl (C=O) groups excluding carboxylic acids is 2. The Morgan fingerprint density at radius 2 is 0.765 bits per heavy atom. The van der Waals surface area contributed by atoms with Gasteiger partial charge in [-0.3, -0.25) is 18.6 Å². The number of nitrogens with one attached hydrogen (secondary N) is 1. The van der Waals surface area contributed by atoms with E-state index in [1.165, 1.54) is 212 Å². The molecular weight excluding hydrogens is 1020 g/mol. The number of quaternary nitrogens is 1. The molecule has 0 saturated carbocycles. The molecule has 10 heteroatoms. The number of carbonyl (C=O) groups is 2. The molecule has 3 atom stereocenters. The largest absolute Gasteiger partial charge is 0.472 e. The third kappa shape index (κ3) is 61.8. The zero-order valence-electron chi connectivity index (χ0n) is 54.0. The lowest BCUT2D eigenvalue weighted by Gasteiger charge is -2.27. The lowest BCUT2D eigenvalue weighted by molar-refractivity contribution is -0.870. The number of ether oxygens (including phenoxy) is 1. The van der Waals surface area contributed by atoms with Gasteiger partial charge in [0, 0.05) is 12.8 Å². The van der Waals surface area contributed by atoms with Gasteiger partial charge in [0.15, 0.2) is 0 Å². The Hall–Kier alpha value is -2.55. The molecule has 9 nitrogen and oxygen atoms in total. The minimum absolute atomic E-state index is 0.0291. The average Bonchev–Trinajstić information content (AvgIpc) is 3.44. The summed E-state index contributed by atoms with van der Waals surface area (Å²) >= 11 is 0. The van der Waals surface area contributed by atoms with E-state index in [0.29, 0.717) is 17.4 Å². The van der Waals surface area contributed by atoms with Crippen molar-refractivity contribution in [3.8, 4) is 0 Å². The van der Waals surface area contributed by atoms with Crippen molar-refractivity contribution in [3.63, 3.8) is 0 Å². The van der Waals surface area contributed by atoms with E-state index in [4.69, 9.17) is 13.8 Å². The lowest BCUT2D eigenvalue weighted by Crippen LogP contribution is -2.47. The Labute approximate surface area is 502 Å². The molecule has 0 aromatic rings. The number of nitrogens with zero attached hydrogens (tertiary/aromatic N) is 1. The molecule has 0 radical (unpaired) electrons. The van der Waals surface area contributed by atoms with Crippen LogP contribution in [-0.2, 0) is 27.9 Å². The van der Waals surface area contributed by atoms with E-state index in [1.54, 1.807) is 0 Å². The first kappa shape index (κ1) is 78.5. The van der Waals surface area contributed by atoms with Crippen LogP contribution in [0.3, 0.4) is 0 Å². The fourth-order valence-corrected chi connectivity index (χ4v) is 10.5. The van der Waals surface area contributed by atoms with Crippen molar-refractivity contribution in [2.24, 2.45) is 0 Å². The molecule has 0 aliphatic carbocycles. The number of likely N-dealkylation sites (N-methyl/N-ethyl adjacent to an activating group) is 1. The molecule has 0 saturated heterocycles. The van der Waals surface area contributed by atoms with Crippen LogP contribution in [0.5, 0.6) is 0 Å². The number of rotatable bonds is 62. The maximum absolute atomic E-state index is 13.5. The SMILES string of the molecule is CCCCC/C=C\C/C=C\C/C=C\C/C=C\CCCC(=O)NC(COP(=O)(O)OCC[N+](C)(C)C)C(/C=C\CCCCCCCCCCC)OC(=O)CCCCCCCCCCCCCCCCCCC/C=C/CCCCCCCC. The summed E-state index contributed by atoms with van der Waals surface area (Å²) in [5, 5.41) is 3.03. The Kier molecular flexibility index (Phi) is 58.7. The van der Waals surface area contributed by atoms with Gasteiger partial charge >= 0.3 is 13.8 Å². The monoisotopic (exact) mass is 1160 g/mol. The van der Waals surface area contributed by atoms with E-state index < -0.39 is 20.0 Å². The van der Waals surface area contributed by atoms with Gasteiger partial charge in [0.1, 0.15) is 19.3 Å². The van der Waals surface area contributed by atoms with Gasteiger partial charge in [0.2, 0.25) is 5.91 Å². The molecule has 472 valence electrons. The normalized spacial score (nSPS) is 14.0. The van der Waals surface area contributed by atoms with Crippen LogP contribution in [0.4, 0.5) is 0 Å². The zero-order chi connectivity index (χ0) is 59.3. The van der Waals surface area contributed by atoms with Gasteiger partial charge in [0.25, 0.3) is 0 Å².